The predicted molar refractivity (Wildman–Crippen MR) is 66.9 cm³/mol. The van der Waals surface area contributed by atoms with Gasteiger partial charge in [-0.2, -0.15) is 0 Å². The fraction of sp³-hybridized carbons (Fsp3) is 0.538. The summed E-state index contributed by atoms with van der Waals surface area (Å²) in [7, 11) is 1.59. The Morgan fingerprint density at radius 3 is 2.67 bits per heavy atom. The first-order valence-electron chi connectivity index (χ1n) is 6.05. The molecular formula is C13H20F2N2O. The summed E-state index contributed by atoms with van der Waals surface area (Å²) in [6.07, 6.45) is 1.91. The van der Waals surface area contributed by atoms with E-state index in [0.717, 1.165) is 25.0 Å². The van der Waals surface area contributed by atoms with Crippen LogP contribution in [0.5, 0.6) is 0 Å². The van der Waals surface area contributed by atoms with Crippen LogP contribution in [0.25, 0.3) is 0 Å². The molecule has 0 heterocycles. The van der Waals surface area contributed by atoms with Crippen LogP contribution in [0.4, 0.5) is 8.78 Å². The zero-order valence-corrected chi connectivity index (χ0v) is 10.7. The Balaban J connectivity index is 2.81. The van der Waals surface area contributed by atoms with Gasteiger partial charge in [0.15, 0.2) is 0 Å². The molecule has 3 N–H and O–H groups in total. The van der Waals surface area contributed by atoms with Crippen molar-refractivity contribution in [2.24, 2.45) is 5.84 Å². The molecule has 0 fully saturated rings. The van der Waals surface area contributed by atoms with Crippen LogP contribution < -0.4 is 11.3 Å². The number of ether oxygens (including phenoxy) is 1. The van der Waals surface area contributed by atoms with Crippen LogP contribution in [-0.2, 0) is 11.2 Å². The second-order valence-corrected chi connectivity index (χ2v) is 4.28. The number of hydrogen-bond acceptors (Lipinski definition) is 3. The lowest BCUT2D eigenvalue weighted by molar-refractivity contribution is 0.0606. The molecule has 0 bridgehead atoms. The minimum atomic E-state index is -0.452. The van der Waals surface area contributed by atoms with E-state index in [1.807, 2.05) is 6.92 Å². The lowest BCUT2D eigenvalue weighted by Crippen LogP contribution is -2.46. The number of nitrogens with one attached hydrogen (secondary N) is 1. The van der Waals surface area contributed by atoms with Crippen LogP contribution in [0.3, 0.4) is 0 Å². The van der Waals surface area contributed by atoms with Gasteiger partial charge in [-0.3, -0.25) is 11.3 Å². The van der Waals surface area contributed by atoms with Crippen LogP contribution in [-0.4, -0.2) is 19.3 Å². The number of methoxy groups -OCH3 is 1. The number of benzene rings is 1. The normalized spacial score (nSPS) is 14.5. The van der Waals surface area contributed by atoms with E-state index in [-0.39, 0.29) is 12.1 Å². The molecule has 1 aromatic carbocycles. The molecule has 0 saturated carbocycles. The Morgan fingerprint density at radius 2 is 2.11 bits per heavy atom. The average molecular weight is 258 g/mol. The topological polar surface area (TPSA) is 47.3 Å². The van der Waals surface area contributed by atoms with Crippen LogP contribution >= 0.6 is 0 Å². The van der Waals surface area contributed by atoms with Gasteiger partial charge in [-0.15, -0.1) is 0 Å². The number of hydrazine groups is 1. The molecule has 2 atom stereocenters. The molecule has 102 valence electrons. The Labute approximate surface area is 106 Å². The molecule has 0 radical (unpaired) electrons. The van der Waals surface area contributed by atoms with Crippen molar-refractivity contribution in [1.29, 1.82) is 0 Å². The van der Waals surface area contributed by atoms with Crippen LogP contribution in [0.2, 0.25) is 0 Å². The second kappa shape index (κ2) is 7.41. The first-order chi connectivity index (χ1) is 8.62. The number of nitrogens with two attached hydrogens (primary N) is 1. The standard InChI is InChI=1S/C13H20F2N2O/c1-3-4-13(18-2)12(17-16)8-9-7-10(14)5-6-11(9)15/h5-7,12-13,17H,3-4,8,16H2,1-2H3. The molecule has 3 nitrogen and oxygen atoms in total. The highest BCUT2D eigenvalue weighted by Gasteiger charge is 2.21. The van der Waals surface area contributed by atoms with Gasteiger partial charge in [0.2, 0.25) is 0 Å². The molecule has 18 heavy (non-hydrogen) atoms. The van der Waals surface area contributed by atoms with Crippen molar-refractivity contribution in [2.75, 3.05) is 7.11 Å². The van der Waals surface area contributed by atoms with E-state index < -0.39 is 11.6 Å². The van der Waals surface area contributed by atoms with Gasteiger partial charge in [0, 0.05) is 7.11 Å². The fourth-order valence-corrected chi connectivity index (χ4v) is 2.00. The Kier molecular flexibility index (Phi) is 6.18. The molecule has 1 aromatic rings. The van der Waals surface area contributed by atoms with Crippen molar-refractivity contribution < 1.29 is 13.5 Å². The van der Waals surface area contributed by atoms with Gasteiger partial charge < -0.3 is 4.74 Å². The summed E-state index contributed by atoms with van der Waals surface area (Å²) in [4.78, 5) is 0. The predicted octanol–water partition coefficient (Wildman–Crippen LogP) is 2.15. The maximum atomic E-state index is 13.5. The summed E-state index contributed by atoms with van der Waals surface area (Å²) in [5.41, 5.74) is 2.92. The zero-order chi connectivity index (χ0) is 13.5. The molecule has 5 heteroatoms. The van der Waals surface area contributed by atoms with Crippen LogP contribution in [0.15, 0.2) is 18.2 Å². The summed E-state index contributed by atoms with van der Waals surface area (Å²) >= 11 is 0. The Bertz CT molecular complexity index is 374. The highest BCUT2D eigenvalue weighted by Crippen LogP contribution is 2.16. The number of halogens is 2. The summed E-state index contributed by atoms with van der Waals surface area (Å²) in [6, 6.07) is 3.17. The molecule has 0 spiro atoms. The third kappa shape index (κ3) is 4.01. The lowest BCUT2D eigenvalue weighted by Gasteiger charge is -2.25. The molecule has 0 aliphatic carbocycles. The molecule has 0 aliphatic rings. The molecule has 2 unspecified atom stereocenters. The highest BCUT2D eigenvalue weighted by molar-refractivity contribution is 5.20. The third-order valence-corrected chi connectivity index (χ3v) is 2.99. The van der Waals surface area contributed by atoms with Crippen molar-refractivity contribution in [2.45, 2.75) is 38.3 Å². The SMILES string of the molecule is CCCC(OC)C(Cc1cc(F)ccc1F)NN. The van der Waals surface area contributed by atoms with Gasteiger partial charge in [-0.05, 0) is 36.6 Å². The molecule has 1 rings (SSSR count). The zero-order valence-electron chi connectivity index (χ0n) is 10.7. The minimum absolute atomic E-state index is 0.123. The molecule has 0 aliphatic heterocycles. The van der Waals surface area contributed by atoms with E-state index in [1.165, 1.54) is 6.07 Å². The number of hydrogen-bond donors (Lipinski definition) is 2. The van der Waals surface area contributed by atoms with Crippen molar-refractivity contribution in [3.05, 3.63) is 35.4 Å². The van der Waals surface area contributed by atoms with Crippen LogP contribution in [0.1, 0.15) is 25.3 Å². The minimum Gasteiger partial charge on any atom is -0.380 e. The second-order valence-electron chi connectivity index (χ2n) is 4.28. The largest absolute Gasteiger partial charge is 0.380 e. The summed E-state index contributed by atoms with van der Waals surface area (Å²) in [6.45, 7) is 2.03. The molecule has 0 saturated heterocycles. The van der Waals surface area contributed by atoms with Crippen molar-refractivity contribution in [1.82, 2.24) is 5.43 Å². The monoisotopic (exact) mass is 258 g/mol. The first kappa shape index (κ1) is 15.0. The van der Waals surface area contributed by atoms with Gasteiger partial charge in [0.1, 0.15) is 11.6 Å². The Hall–Kier alpha value is -1.04. The van der Waals surface area contributed by atoms with E-state index in [1.54, 1.807) is 7.11 Å². The van der Waals surface area contributed by atoms with Gasteiger partial charge in [0.05, 0.1) is 12.1 Å². The summed E-state index contributed by atoms with van der Waals surface area (Å²) in [5, 5.41) is 0. The molecule has 0 aromatic heterocycles. The lowest BCUT2D eigenvalue weighted by atomic mass is 9.98. The smallest absolute Gasteiger partial charge is 0.126 e. The van der Waals surface area contributed by atoms with Crippen molar-refractivity contribution >= 4 is 0 Å². The average Bonchev–Trinajstić information content (AvgIpc) is 2.37. The van der Waals surface area contributed by atoms with E-state index in [4.69, 9.17) is 10.6 Å². The molecule has 0 amide bonds. The van der Waals surface area contributed by atoms with Crippen molar-refractivity contribution in [3.8, 4) is 0 Å². The van der Waals surface area contributed by atoms with E-state index in [0.29, 0.717) is 12.0 Å². The van der Waals surface area contributed by atoms with Gasteiger partial charge in [-0.1, -0.05) is 13.3 Å². The third-order valence-electron chi connectivity index (χ3n) is 2.99. The van der Waals surface area contributed by atoms with Gasteiger partial charge in [-0.25, -0.2) is 8.78 Å². The van der Waals surface area contributed by atoms with E-state index in [2.05, 4.69) is 5.43 Å². The maximum Gasteiger partial charge on any atom is 0.126 e. The highest BCUT2D eigenvalue weighted by atomic mass is 19.1. The summed E-state index contributed by atoms with van der Waals surface area (Å²) in [5.74, 6) is 4.59. The summed E-state index contributed by atoms with van der Waals surface area (Å²) < 4.78 is 32.0. The Morgan fingerprint density at radius 1 is 1.39 bits per heavy atom. The van der Waals surface area contributed by atoms with E-state index >= 15 is 0 Å². The van der Waals surface area contributed by atoms with Crippen LogP contribution in [0, 0.1) is 11.6 Å². The van der Waals surface area contributed by atoms with Crippen molar-refractivity contribution in [3.63, 3.8) is 0 Å². The van der Waals surface area contributed by atoms with E-state index in [9.17, 15) is 8.78 Å². The fourth-order valence-electron chi connectivity index (χ4n) is 2.00. The van der Waals surface area contributed by atoms with Gasteiger partial charge >= 0.3 is 0 Å². The first-order valence-corrected chi connectivity index (χ1v) is 6.05. The number of rotatable bonds is 7. The molecular weight excluding hydrogens is 238 g/mol. The quantitative estimate of drug-likeness (QED) is 0.582. The maximum absolute atomic E-state index is 13.5. The van der Waals surface area contributed by atoms with Gasteiger partial charge in [0.25, 0.3) is 0 Å².